The molecular weight excluding hydrogens is 681 g/mol. The monoisotopic (exact) mass is 722 g/mol. The van der Waals surface area contributed by atoms with Gasteiger partial charge in [-0.05, 0) is 54.7 Å². The van der Waals surface area contributed by atoms with Gasteiger partial charge in [0.2, 0.25) is 15.9 Å². The number of urea groups is 1. The van der Waals surface area contributed by atoms with Crippen LogP contribution in [-0.2, 0) is 34.3 Å². The van der Waals surface area contributed by atoms with E-state index in [0.29, 0.717) is 31.0 Å². The number of nitrogens with one attached hydrogen (secondary N) is 1. The first-order valence-electron chi connectivity index (χ1n) is 16.2. The number of hydrogen-bond donors (Lipinski definition) is 3. The largest absolute Gasteiger partial charge is 0.468 e. The molecule has 1 saturated heterocycles. The molecule has 0 unspecified atom stereocenters. The molecule has 2 aromatic heterocycles. The van der Waals surface area contributed by atoms with E-state index >= 15 is 0 Å². The number of amides is 3. The SMILES string of the molecule is Cc1nc(CN2CCN([C@H](C(=O)N[C@@H](Cc3ccccc3)[C@@H](O)CN(Cc3ccco3)S(=O)(=O)c3ccc(C=NO)cc3)C(C)C)C2=O)cs1. The number of benzene rings is 2. The van der Waals surface area contributed by atoms with Gasteiger partial charge in [0.1, 0.15) is 11.8 Å². The van der Waals surface area contributed by atoms with Crippen LogP contribution in [0.1, 0.15) is 41.4 Å². The van der Waals surface area contributed by atoms with Gasteiger partial charge in [-0.1, -0.05) is 61.5 Å². The first-order chi connectivity index (χ1) is 24.0. The number of aliphatic hydroxyl groups excluding tert-OH is 1. The summed E-state index contributed by atoms with van der Waals surface area (Å²) in [5.74, 6) is -0.343. The third-order valence-electron chi connectivity index (χ3n) is 8.50. The van der Waals surface area contributed by atoms with E-state index in [1.165, 1.54) is 48.1 Å². The molecule has 1 aliphatic rings. The summed E-state index contributed by atoms with van der Waals surface area (Å²) in [5, 5.41) is 29.5. The van der Waals surface area contributed by atoms with Gasteiger partial charge in [0.25, 0.3) is 0 Å². The van der Waals surface area contributed by atoms with E-state index in [9.17, 15) is 23.1 Å². The maximum absolute atomic E-state index is 14.1. The van der Waals surface area contributed by atoms with Crippen LogP contribution in [0, 0.1) is 12.8 Å². The molecule has 3 heterocycles. The average molecular weight is 723 g/mol. The molecule has 0 saturated carbocycles. The van der Waals surface area contributed by atoms with Gasteiger partial charge in [-0.15, -0.1) is 11.3 Å². The summed E-state index contributed by atoms with van der Waals surface area (Å²) in [6.45, 7) is 6.21. The number of oxime groups is 1. The van der Waals surface area contributed by atoms with Gasteiger partial charge in [0, 0.05) is 25.0 Å². The third kappa shape index (κ3) is 8.96. The minimum absolute atomic E-state index is 0.0419. The van der Waals surface area contributed by atoms with Crippen LogP contribution in [0.15, 0.2) is 92.8 Å². The molecule has 2 aromatic carbocycles. The zero-order chi connectivity index (χ0) is 35.8. The lowest BCUT2D eigenvalue weighted by molar-refractivity contribution is -0.128. The van der Waals surface area contributed by atoms with Crippen LogP contribution >= 0.6 is 11.3 Å². The Hall–Kier alpha value is -4.57. The molecule has 0 spiro atoms. The van der Waals surface area contributed by atoms with Gasteiger partial charge in [-0.25, -0.2) is 18.2 Å². The number of sulfonamides is 1. The molecule has 266 valence electrons. The quantitative estimate of drug-likeness (QED) is 0.0883. The van der Waals surface area contributed by atoms with Crippen molar-refractivity contribution in [3.63, 3.8) is 0 Å². The maximum atomic E-state index is 14.1. The number of rotatable bonds is 16. The summed E-state index contributed by atoms with van der Waals surface area (Å²) in [6.07, 6.45) is 1.45. The van der Waals surface area contributed by atoms with Crippen LogP contribution < -0.4 is 5.32 Å². The summed E-state index contributed by atoms with van der Waals surface area (Å²) >= 11 is 1.51. The normalized spacial score (nSPS) is 15.7. The first-order valence-corrected chi connectivity index (χ1v) is 18.6. The fraction of sp³-hybridized carbons (Fsp3) is 0.371. The number of carbonyl (C=O) groups is 2. The van der Waals surface area contributed by atoms with E-state index in [-0.39, 0.29) is 36.4 Å². The molecule has 13 nitrogen and oxygen atoms in total. The molecule has 4 aromatic rings. The lowest BCUT2D eigenvalue weighted by Crippen LogP contribution is -2.57. The Morgan fingerprint density at radius 3 is 2.48 bits per heavy atom. The van der Waals surface area contributed by atoms with Crippen molar-refractivity contribution in [2.24, 2.45) is 11.1 Å². The highest BCUT2D eigenvalue weighted by Crippen LogP contribution is 2.24. The lowest BCUT2D eigenvalue weighted by Gasteiger charge is -2.34. The van der Waals surface area contributed by atoms with Crippen molar-refractivity contribution in [2.45, 2.75) is 63.4 Å². The summed E-state index contributed by atoms with van der Waals surface area (Å²) in [6, 6.07) is 16.3. The Morgan fingerprint density at radius 1 is 1.12 bits per heavy atom. The van der Waals surface area contributed by atoms with Crippen molar-refractivity contribution in [1.29, 1.82) is 0 Å². The number of aromatic nitrogens is 1. The molecule has 50 heavy (non-hydrogen) atoms. The van der Waals surface area contributed by atoms with Crippen molar-refractivity contribution < 1.29 is 32.7 Å². The standard InChI is InChI=1S/C35H42N6O7S2/c1-24(2)33(41-16-15-39(35(41)44)20-28-23-49-25(3)37-28)34(43)38-31(18-26-8-5-4-6-9-26)32(42)22-40(21-29-10-7-17-48-29)50(46,47)30-13-11-27(12-14-30)19-36-45/h4-14,17,19,23-24,31-33,42,45H,15-16,18,20-22H2,1-3H3,(H,38,43)/t31-,32-,33-/m0/s1. The van der Waals surface area contributed by atoms with E-state index in [2.05, 4.69) is 15.5 Å². The van der Waals surface area contributed by atoms with Crippen LogP contribution in [0.4, 0.5) is 4.79 Å². The molecule has 3 atom stereocenters. The van der Waals surface area contributed by atoms with Crippen molar-refractivity contribution in [2.75, 3.05) is 19.6 Å². The fourth-order valence-corrected chi connectivity index (χ4v) is 8.04. The third-order valence-corrected chi connectivity index (χ3v) is 11.1. The first kappa shape index (κ1) is 36.7. The van der Waals surface area contributed by atoms with E-state index in [0.717, 1.165) is 20.6 Å². The fourth-order valence-electron chi connectivity index (χ4n) is 6.01. The van der Waals surface area contributed by atoms with Gasteiger partial charge in [-0.2, -0.15) is 4.31 Å². The summed E-state index contributed by atoms with van der Waals surface area (Å²) in [7, 11) is -4.19. The van der Waals surface area contributed by atoms with Crippen LogP contribution in [-0.4, -0.2) is 93.8 Å². The van der Waals surface area contributed by atoms with Crippen LogP contribution in [0.3, 0.4) is 0 Å². The summed E-state index contributed by atoms with van der Waals surface area (Å²) in [5.41, 5.74) is 2.11. The molecule has 0 aliphatic carbocycles. The molecule has 0 radical (unpaired) electrons. The Kier molecular flexibility index (Phi) is 12.1. The number of furan rings is 1. The second kappa shape index (κ2) is 16.4. The topological polar surface area (TPSA) is 169 Å². The Bertz CT molecular complexity index is 1850. The Balaban J connectivity index is 1.39. The zero-order valence-corrected chi connectivity index (χ0v) is 29.8. The molecule has 3 N–H and O–H groups in total. The van der Waals surface area contributed by atoms with Crippen LogP contribution in [0.2, 0.25) is 0 Å². The minimum atomic E-state index is -4.19. The molecule has 3 amide bonds. The van der Waals surface area contributed by atoms with E-state index < -0.39 is 34.1 Å². The predicted molar refractivity (Wildman–Crippen MR) is 188 cm³/mol. The highest BCUT2D eigenvalue weighted by Gasteiger charge is 2.40. The second-order valence-corrected chi connectivity index (χ2v) is 15.5. The average Bonchev–Trinajstić information content (AvgIpc) is 3.84. The summed E-state index contributed by atoms with van der Waals surface area (Å²) < 4.78 is 34.6. The van der Waals surface area contributed by atoms with Crippen molar-refractivity contribution in [3.05, 3.63) is 106 Å². The molecule has 1 fully saturated rings. The van der Waals surface area contributed by atoms with Gasteiger partial charge >= 0.3 is 6.03 Å². The smallest absolute Gasteiger partial charge is 0.321 e. The Morgan fingerprint density at radius 2 is 1.86 bits per heavy atom. The number of nitrogens with zero attached hydrogens (tertiary/aromatic N) is 5. The predicted octanol–water partition coefficient (Wildman–Crippen LogP) is 4.09. The number of carbonyl (C=O) groups excluding carboxylic acids is 2. The molecular formula is C35H42N6O7S2. The number of aliphatic hydroxyl groups is 1. The number of hydrogen-bond acceptors (Lipinski definition) is 10. The highest BCUT2D eigenvalue weighted by atomic mass is 32.2. The lowest BCUT2D eigenvalue weighted by atomic mass is 9.98. The summed E-state index contributed by atoms with van der Waals surface area (Å²) in [4.78, 5) is 35.4. The van der Waals surface area contributed by atoms with E-state index in [1.807, 2.05) is 56.5 Å². The second-order valence-electron chi connectivity index (χ2n) is 12.5. The molecule has 0 bridgehead atoms. The van der Waals surface area contributed by atoms with Gasteiger partial charge in [0.05, 0.1) is 53.3 Å². The molecule has 15 heteroatoms. The van der Waals surface area contributed by atoms with Crippen molar-refractivity contribution in [3.8, 4) is 0 Å². The molecule has 5 rings (SSSR count). The van der Waals surface area contributed by atoms with Gasteiger partial charge in [-0.3, -0.25) is 4.79 Å². The van der Waals surface area contributed by atoms with Crippen molar-refractivity contribution >= 4 is 39.5 Å². The highest BCUT2D eigenvalue weighted by molar-refractivity contribution is 7.89. The molecule has 1 aliphatic heterocycles. The minimum Gasteiger partial charge on any atom is -0.468 e. The van der Waals surface area contributed by atoms with Gasteiger partial charge < -0.3 is 29.8 Å². The maximum Gasteiger partial charge on any atom is 0.321 e. The van der Waals surface area contributed by atoms with Crippen LogP contribution in [0.25, 0.3) is 0 Å². The van der Waals surface area contributed by atoms with E-state index in [1.54, 1.807) is 21.9 Å². The van der Waals surface area contributed by atoms with Crippen LogP contribution in [0.5, 0.6) is 0 Å². The van der Waals surface area contributed by atoms with Crippen molar-refractivity contribution in [1.82, 2.24) is 24.4 Å². The van der Waals surface area contributed by atoms with E-state index in [4.69, 9.17) is 9.62 Å². The zero-order valence-electron chi connectivity index (χ0n) is 28.1. The number of aryl methyl sites for hydroxylation is 1. The number of thiazole rings is 1. The Labute approximate surface area is 295 Å². The van der Waals surface area contributed by atoms with Gasteiger partial charge in [0.15, 0.2) is 0 Å².